The summed E-state index contributed by atoms with van der Waals surface area (Å²) < 4.78 is 0. The van der Waals surface area contributed by atoms with Gasteiger partial charge in [-0.05, 0) is 11.6 Å². The summed E-state index contributed by atoms with van der Waals surface area (Å²) in [5.41, 5.74) is 1.87. The summed E-state index contributed by atoms with van der Waals surface area (Å²) in [6, 6.07) is 11.6. The third-order valence-electron chi connectivity index (χ3n) is 1.81. The minimum atomic E-state index is 0.223. The molecule has 0 atom stereocenters. The number of H-pyrrole nitrogens is 1. The Morgan fingerprint density at radius 3 is 2.33 bits per heavy atom. The molecule has 60 valence electrons. The van der Waals surface area contributed by atoms with Crippen LogP contribution >= 0.6 is 0 Å². The normalized spacial score (nSPS) is 10.0. The van der Waals surface area contributed by atoms with Crippen LogP contribution < -0.4 is 0 Å². The Bertz CT molecular complexity index is 364. The predicted octanol–water partition coefficient (Wildman–Crippen LogP) is 2.39. The van der Waals surface area contributed by atoms with Gasteiger partial charge < -0.3 is 10.1 Å². The van der Waals surface area contributed by atoms with Gasteiger partial charge in [0.15, 0.2) is 5.88 Å². The van der Waals surface area contributed by atoms with Crippen LogP contribution in [0.2, 0.25) is 0 Å². The average molecular weight is 159 g/mol. The van der Waals surface area contributed by atoms with Crippen molar-refractivity contribution in [3.63, 3.8) is 0 Å². The number of nitrogens with one attached hydrogen (secondary N) is 1. The standard InChI is InChI=1S/C10H9NO/c12-10-9(6-7-11-10)8-4-2-1-3-5-8/h1-7,11-12H. The summed E-state index contributed by atoms with van der Waals surface area (Å²) >= 11 is 0. The van der Waals surface area contributed by atoms with Crippen molar-refractivity contribution in [3.8, 4) is 17.0 Å². The third-order valence-corrected chi connectivity index (χ3v) is 1.81. The molecular weight excluding hydrogens is 150 g/mol. The lowest BCUT2D eigenvalue weighted by molar-refractivity contribution is 0.459. The van der Waals surface area contributed by atoms with Crippen LogP contribution in [0.1, 0.15) is 0 Å². The van der Waals surface area contributed by atoms with Crippen LogP contribution in [0.15, 0.2) is 42.6 Å². The number of aromatic nitrogens is 1. The van der Waals surface area contributed by atoms with Gasteiger partial charge in [0.05, 0.1) is 0 Å². The first-order chi connectivity index (χ1) is 5.88. The Morgan fingerprint density at radius 2 is 1.75 bits per heavy atom. The number of rotatable bonds is 1. The molecule has 0 spiro atoms. The van der Waals surface area contributed by atoms with E-state index in [-0.39, 0.29) is 5.88 Å². The zero-order valence-corrected chi connectivity index (χ0v) is 6.49. The van der Waals surface area contributed by atoms with Crippen LogP contribution in [0.5, 0.6) is 5.88 Å². The molecule has 2 nitrogen and oxygen atoms in total. The van der Waals surface area contributed by atoms with Gasteiger partial charge in [-0.15, -0.1) is 0 Å². The Morgan fingerprint density at radius 1 is 1.00 bits per heavy atom. The number of hydrogen-bond donors (Lipinski definition) is 2. The third kappa shape index (κ3) is 1.07. The van der Waals surface area contributed by atoms with E-state index in [0.29, 0.717) is 0 Å². The molecule has 0 aliphatic carbocycles. The summed E-state index contributed by atoms with van der Waals surface area (Å²) in [5.74, 6) is 0.223. The minimum absolute atomic E-state index is 0.223. The Kier molecular flexibility index (Phi) is 1.59. The Balaban J connectivity index is 2.51. The summed E-state index contributed by atoms with van der Waals surface area (Å²) in [6.45, 7) is 0. The maximum Gasteiger partial charge on any atom is 0.196 e. The van der Waals surface area contributed by atoms with Crippen molar-refractivity contribution < 1.29 is 5.11 Å². The van der Waals surface area contributed by atoms with E-state index in [9.17, 15) is 5.11 Å². The van der Waals surface area contributed by atoms with Crippen LogP contribution in [0.4, 0.5) is 0 Å². The molecule has 1 heterocycles. The number of aromatic hydroxyl groups is 1. The molecule has 2 aromatic rings. The highest BCUT2D eigenvalue weighted by atomic mass is 16.3. The van der Waals surface area contributed by atoms with Gasteiger partial charge in [0.1, 0.15) is 0 Å². The largest absolute Gasteiger partial charge is 0.494 e. The van der Waals surface area contributed by atoms with E-state index < -0.39 is 0 Å². The second-order valence-corrected chi connectivity index (χ2v) is 2.61. The van der Waals surface area contributed by atoms with Crippen LogP contribution in [0.25, 0.3) is 11.1 Å². The van der Waals surface area contributed by atoms with Gasteiger partial charge in [-0.1, -0.05) is 30.3 Å². The second kappa shape index (κ2) is 2.74. The Labute approximate surface area is 70.5 Å². The van der Waals surface area contributed by atoms with E-state index in [2.05, 4.69) is 4.98 Å². The smallest absolute Gasteiger partial charge is 0.196 e. The minimum Gasteiger partial charge on any atom is -0.494 e. The van der Waals surface area contributed by atoms with Crippen LogP contribution in [0.3, 0.4) is 0 Å². The van der Waals surface area contributed by atoms with Gasteiger partial charge in [-0.25, -0.2) is 0 Å². The van der Waals surface area contributed by atoms with Gasteiger partial charge in [-0.3, -0.25) is 0 Å². The van der Waals surface area contributed by atoms with Crippen molar-refractivity contribution in [2.45, 2.75) is 0 Å². The van der Waals surface area contributed by atoms with E-state index in [1.807, 2.05) is 36.4 Å². The van der Waals surface area contributed by atoms with Gasteiger partial charge in [-0.2, -0.15) is 0 Å². The van der Waals surface area contributed by atoms with E-state index in [4.69, 9.17) is 0 Å². The molecule has 1 aromatic carbocycles. The fourth-order valence-corrected chi connectivity index (χ4v) is 1.21. The molecule has 0 bridgehead atoms. The summed E-state index contributed by atoms with van der Waals surface area (Å²) in [4.78, 5) is 2.72. The van der Waals surface area contributed by atoms with Crippen molar-refractivity contribution in [2.24, 2.45) is 0 Å². The molecule has 0 saturated carbocycles. The van der Waals surface area contributed by atoms with E-state index >= 15 is 0 Å². The summed E-state index contributed by atoms with van der Waals surface area (Å²) in [6.07, 6.45) is 1.72. The topological polar surface area (TPSA) is 36.0 Å². The van der Waals surface area contributed by atoms with Gasteiger partial charge in [0.25, 0.3) is 0 Å². The second-order valence-electron chi connectivity index (χ2n) is 2.61. The van der Waals surface area contributed by atoms with Crippen molar-refractivity contribution in [3.05, 3.63) is 42.6 Å². The molecule has 0 radical (unpaired) electrons. The first-order valence-corrected chi connectivity index (χ1v) is 3.79. The molecule has 0 saturated heterocycles. The van der Waals surface area contributed by atoms with Crippen molar-refractivity contribution in [1.82, 2.24) is 4.98 Å². The molecule has 0 fully saturated rings. The molecule has 2 N–H and O–H groups in total. The van der Waals surface area contributed by atoms with E-state index in [0.717, 1.165) is 11.1 Å². The van der Waals surface area contributed by atoms with E-state index in [1.54, 1.807) is 6.20 Å². The summed E-state index contributed by atoms with van der Waals surface area (Å²) in [5, 5.41) is 9.35. The molecule has 2 rings (SSSR count). The van der Waals surface area contributed by atoms with E-state index in [1.165, 1.54) is 0 Å². The predicted molar refractivity (Wildman–Crippen MR) is 47.9 cm³/mol. The molecule has 0 aliphatic rings. The number of hydrogen-bond acceptors (Lipinski definition) is 1. The summed E-state index contributed by atoms with van der Waals surface area (Å²) in [7, 11) is 0. The maximum atomic E-state index is 9.35. The molecular formula is C10H9NO. The first kappa shape index (κ1) is 6.98. The van der Waals surface area contributed by atoms with Gasteiger partial charge in [0, 0.05) is 11.8 Å². The SMILES string of the molecule is Oc1[nH]ccc1-c1ccccc1. The number of aromatic amines is 1. The van der Waals surface area contributed by atoms with Crippen molar-refractivity contribution >= 4 is 0 Å². The van der Waals surface area contributed by atoms with Crippen LogP contribution in [-0.4, -0.2) is 10.1 Å². The first-order valence-electron chi connectivity index (χ1n) is 3.79. The highest BCUT2D eigenvalue weighted by Gasteiger charge is 2.02. The zero-order valence-electron chi connectivity index (χ0n) is 6.49. The highest BCUT2D eigenvalue weighted by Crippen LogP contribution is 2.26. The zero-order chi connectivity index (χ0) is 8.39. The fraction of sp³-hybridized carbons (Fsp3) is 0. The van der Waals surface area contributed by atoms with Gasteiger partial charge >= 0.3 is 0 Å². The molecule has 2 heteroatoms. The highest BCUT2D eigenvalue weighted by molar-refractivity contribution is 5.68. The lowest BCUT2D eigenvalue weighted by atomic mass is 10.1. The maximum absolute atomic E-state index is 9.35. The Hall–Kier alpha value is -1.70. The van der Waals surface area contributed by atoms with Crippen LogP contribution in [-0.2, 0) is 0 Å². The molecule has 1 aromatic heterocycles. The monoisotopic (exact) mass is 159 g/mol. The van der Waals surface area contributed by atoms with Crippen molar-refractivity contribution in [2.75, 3.05) is 0 Å². The molecule has 0 unspecified atom stereocenters. The molecule has 12 heavy (non-hydrogen) atoms. The van der Waals surface area contributed by atoms with Crippen LogP contribution in [0, 0.1) is 0 Å². The average Bonchev–Trinajstić information content (AvgIpc) is 2.53. The quantitative estimate of drug-likeness (QED) is 0.658. The molecule has 0 amide bonds. The number of benzene rings is 1. The lowest BCUT2D eigenvalue weighted by Crippen LogP contribution is -1.72. The fourth-order valence-electron chi connectivity index (χ4n) is 1.21. The lowest BCUT2D eigenvalue weighted by Gasteiger charge is -1.96. The van der Waals surface area contributed by atoms with Crippen molar-refractivity contribution in [1.29, 1.82) is 0 Å². The van der Waals surface area contributed by atoms with Gasteiger partial charge in [0.2, 0.25) is 0 Å². The molecule has 0 aliphatic heterocycles.